The number of nitrogens with one attached hydrogen (secondary N) is 1. The molecule has 0 radical (unpaired) electrons. The number of benzene rings is 1. The number of aryl methyl sites for hydroxylation is 1. The topological polar surface area (TPSA) is 92.4 Å². The van der Waals surface area contributed by atoms with E-state index in [-0.39, 0.29) is 24.1 Å². The largest absolute Gasteiger partial charge is 0.383 e. The molecule has 21 heavy (non-hydrogen) atoms. The first-order valence-electron chi connectivity index (χ1n) is 6.50. The van der Waals surface area contributed by atoms with Crippen LogP contribution in [0, 0.1) is 6.92 Å². The summed E-state index contributed by atoms with van der Waals surface area (Å²) in [5, 5.41) is 11.7. The molecule has 0 saturated heterocycles. The molecule has 5 nitrogen and oxygen atoms in total. The maximum Gasteiger partial charge on any atom is 0.352 e. The van der Waals surface area contributed by atoms with E-state index >= 15 is 0 Å². The molecule has 1 fully saturated rings. The normalized spacial score (nSPS) is 17.0. The van der Waals surface area contributed by atoms with Crippen LogP contribution in [0.25, 0.3) is 0 Å². The maximum atomic E-state index is 14.0. The van der Waals surface area contributed by atoms with Gasteiger partial charge in [0.2, 0.25) is 0 Å². The summed E-state index contributed by atoms with van der Waals surface area (Å²) in [5.41, 5.74) is 3.23. The number of nitrogens with two attached hydrogens (primary N) is 1. The molecule has 0 unspecified atom stereocenters. The molecule has 2 rings (SSSR count). The highest BCUT2D eigenvalue weighted by molar-refractivity contribution is 6.05. The number of carbonyl (C=O) groups is 2. The van der Waals surface area contributed by atoms with E-state index in [1.807, 2.05) is 5.32 Å². The van der Waals surface area contributed by atoms with E-state index in [1.54, 1.807) is 13.0 Å². The van der Waals surface area contributed by atoms with Crippen LogP contribution in [0.15, 0.2) is 18.2 Å². The number of carbonyl (C=O) groups excluding carboxylic acids is 2. The summed E-state index contributed by atoms with van der Waals surface area (Å²) in [7, 11) is 0. The molecule has 7 heteroatoms. The number of alkyl halides is 2. The second-order valence-corrected chi connectivity index (χ2v) is 5.28. The third-order valence-corrected chi connectivity index (χ3v) is 3.82. The maximum absolute atomic E-state index is 14.0. The first-order valence-corrected chi connectivity index (χ1v) is 6.50. The minimum atomic E-state index is -3.93. The summed E-state index contributed by atoms with van der Waals surface area (Å²) in [6.45, 7) is 1.58. The lowest BCUT2D eigenvalue weighted by molar-refractivity contribution is -0.212. The first-order chi connectivity index (χ1) is 9.69. The molecule has 2 amide bonds. The van der Waals surface area contributed by atoms with Crippen LogP contribution in [0.5, 0.6) is 0 Å². The third kappa shape index (κ3) is 2.49. The summed E-state index contributed by atoms with van der Waals surface area (Å²) >= 11 is 0. The molecule has 0 spiro atoms. The number of hydrogen-bond acceptors (Lipinski definition) is 3. The molecule has 0 aliphatic heterocycles. The number of hydrogen-bond donors (Lipinski definition) is 3. The van der Waals surface area contributed by atoms with Gasteiger partial charge < -0.3 is 16.2 Å². The van der Waals surface area contributed by atoms with Crippen LogP contribution in [-0.2, 0) is 4.79 Å². The average molecular weight is 298 g/mol. The van der Waals surface area contributed by atoms with E-state index < -0.39 is 23.3 Å². The Labute approximate surface area is 120 Å². The van der Waals surface area contributed by atoms with Crippen molar-refractivity contribution in [2.75, 3.05) is 5.32 Å². The Hall–Kier alpha value is -2.02. The van der Waals surface area contributed by atoms with Crippen molar-refractivity contribution < 1.29 is 23.5 Å². The molecule has 114 valence electrons. The van der Waals surface area contributed by atoms with Crippen molar-refractivity contribution in [1.29, 1.82) is 0 Å². The second-order valence-electron chi connectivity index (χ2n) is 5.28. The summed E-state index contributed by atoms with van der Waals surface area (Å²) in [6.07, 6.45) is 0.171. The molecule has 1 saturated carbocycles. The van der Waals surface area contributed by atoms with Crippen molar-refractivity contribution in [2.24, 2.45) is 5.73 Å². The Morgan fingerprint density at radius 2 is 2.00 bits per heavy atom. The van der Waals surface area contributed by atoms with Gasteiger partial charge in [0.15, 0.2) is 0 Å². The van der Waals surface area contributed by atoms with Gasteiger partial charge in [-0.25, -0.2) is 0 Å². The summed E-state index contributed by atoms with van der Waals surface area (Å²) in [5.74, 6) is -6.39. The molecule has 0 bridgehead atoms. The number of aliphatic hydroxyl groups is 1. The third-order valence-electron chi connectivity index (χ3n) is 3.82. The van der Waals surface area contributed by atoms with Crippen molar-refractivity contribution in [1.82, 2.24) is 0 Å². The molecular weight excluding hydrogens is 282 g/mol. The molecule has 1 aromatic rings. The van der Waals surface area contributed by atoms with Gasteiger partial charge in [-0.2, -0.15) is 8.78 Å². The van der Waals surface area contributed by atoms with Gasteiger partial charge in [0, 0.05) is 0 Å². The lowest BCUT2D eigenvalue weighted by Gasteiger charge is -2.41. The molecule has 0 atom stereocenters. The van der Waals surface area contributed by atoms with Gasteiger partial charge in [-0.05, 0) is 37.8 Å². The first kappa shape index (κ1) is 15.4. The van der Waals surface area contributed by atoms with E-state index in [0.717, 1.165) is 0 Å². The lowest BCUT2D eigenvalue weighted by Crippen LogP contribution is -2.59. The minimum Gasteiger partial charge on any atom is -0.383 e. The van der Waals surface area contributed by atoms with Gasteiger partial charge in [0.1, 0.15) is 5.60 Å². The summed E-state index contributed by atoms with van der Waals surface area (Å²) in [4.78, 5) is 23.2. The van der Waals surface area contributed by atoms with E-state index in [4.69, 9.17) is 5.73 Å². The predicted molar refractivity (Wildman–Crippen MR) is 72.1 cm³/mol. The van der Waals surface area contributed by atoms with Crippen LogP contribution >= 0.6 is 0 Å². The van der Waals surface area contributed by atoms with Crippen molar-refractivity contribution in [3.63, 3.8) is 0 Å². The highest BCUT2D eigenvalue weighted by atomic mass is 19.3. The lowest BCUT2D eigenvalue weighted by atomic mass is 9.75. The molecule has 1 aromatic carbocycles. The monoisotopic (exact) mass is 298 g/mol. The number of amides is 2. The number of anilines is 1. The fourth-order valence-corrected chi connectivity index (χ4v) is 2.34. The van der Waals surface area contributed by atoms with E-state index in [2.05, 4.69) is 0 Å². The Kier molecular flexibility index (Phi) is 3.71. The van der Waals surface area contributed by atoms with Gasteiger partial charge >= 0.3 is 5.92 Å². The SMILES string of the molecule is Cc1cccc(NC(=O)C(F)(F)C2(O)CCC2)c1C(N)=O. The summed E-state index contributed by atoms with van der Waals surface area (Å²) in [6, 6.07) is 4.40. The Bertz CT molecular complexity index is 598. The summed E-state index contributed by atoms with van der Waals surface area (Å²) < 4.78 is 28.0. The van der Waals surface area contributed by atoms with Gasteiger partial charge in [-0.15, -0.1) is 0 Å². The Morgan fingerprint density at radius 3 is 2.48 bits per heavy atom. The number of halogens is 2. The number of rotatable bonds is 4. The highest BCUT2D eigenvalue weighted by Crippen LogP contribution is 2.44. The van der Waals surface area contributed by atoms with E-state index in [1.165, 1.54) is 12.1 Å². The second kappa shape index (κ2) is 5.07. The zero-order valence-corrected chi connectivity index (χ0v) is 11.5. The van der Waals surface area contributed by atoms with E-state index in [0.29, 0.717) is 12.0 Å². The smallest absolute Gasteiger partial charge is 0.352 e. The Morgan fingerprint density at radius 1 is 1.38 bits per heavy atom. The number of primary amides is 1. The fourth-order valence-electron chi connectivity index (χ4n) is 2.34. The van der Waals surface area contributed by atoms with Crippen molar-refractivity contribution in [2.45, 2.75) is 37.7 Å². The van der Waals surface area contributed by atoms with Gasteiger partial charge in [-0.3, -0.25) is 9.59 Å². The quantitative estimate of drug-likeness (QED) is 0.788. The van der Waals surface area contributed by atoms with Gasteiger partial charge in [0.25, 0.3) is 11.8 Å². The highest BCUT2D eigenvalue weighted by Gasteiger charge is 2.61. The molecule has 0 heterocycles. The molecular formula is C14H16F2N2O3. The van der Waals surface area contributed by atoms with Crippen LogP contribution in [0.4, 0.5) is 14.5 Å². The Balaban J connectivity index is 2.28. The van der Waals surface area contributed by atoms with Crippen LogP contribution in [0.1, 0.15) is 35.2 Å². The van der Waals surface area contributed by atoms with Crippen LogP contribution in [0.2, 0.25) is 0 Å². The minimum absolute atomic E-state index is 0.0257. The molecule has 1 aliphatic rings. The van der Waals surface area contributed by atoms with Gasteiger partial charge in [-0.1, -0.05) is 12.1 Å². The van der Waals surface area contributed by atoms with Crippen molar-refractivity contribution >= 4 is 17.5 Å². The fraction of sp³-hybridized carbons (Fsp3) is 0.429. The van der Waals surface area contributed by atoms with Crippen LogP contribution in [-0.4, -0.2) is 28.4 Å². The zero-order chi connectivity index (χ0) is 15.8. The zero-order valence-electron chi connectivity index (χ0n) is 11.5. The van der Waals surface area contributed by atoms with E-state index in [9.17, 15) is 23.5 Å². The molecule has 1 aliphatic carbocycles. The molecule has 0 aromatic heterocycles. The van der Waals surface area contributed by atoms with Crippen LogP contribution < -0.4 is 11.1 Å². The van der Waals surface area contributed by atoms with Crippen molar-refractivity contribution in [3.05, 3.63) is 29.3 Å². The predicted octanol–water partition coefficient (Wildman–Crippen LogP) is 1.58. The average Bonchev–Trinajstić information content (AvgIpc) is 2.35. The van der Waals surface area contributed by atoms with Crippen molar-refractivity contribution in [3.8, 4) is 0 Å². The standard InChI is InChI=1S/C14H16F2N2O3/c1-8-4-2-5-9(10(8)11(17)19)18-12(20)14(15,16)13(21)6-3-7-13/h2,4-5,21H,3,6-7H2,1H3,(H2,17,19)(H,18,20). The van der Waals surface area contributed by atoms with Crippen LogP contribution in [0.3, 0.4) is 0 Å². The van der Waals surface area contributed by atoms with Gasteiger partial charge in [0.05, 0.1) is 11.3 Å². The molecule has 4 N–H and O–H groups in total.